The molecule has 0 aliphatic carbocycles. The van der Waals surface area contributed by atoms with Crippen molar-refractivity contribution in [2.24, 2.45) is 0 Å². The fourth-order valence-electron chi connectivity index (χ4n) is 1.34. The molecule has 2 rings (SSSR count). The van der Waals surface area contributed by atoms with Gasteiger partial charge in [0.2, 0.25) is 10.0 Å². The molecule has 0 aliphatic heterocycles. The van der Waals surface area contributed by atoms with Gasteiger partial charge in [0.1, 0.15) is 0 Å². The van der Waals surface area contributed by atoms with Crippen molar-refractivity contribution in [2.45, 2.75) is 11.4 Å². The summed E-state index contributed by atoms with van der Waals surface area (Å²) < 4.78 is 26.5. The number of nitrogens with two attached hydrogens (primary N) is 1. The van der Waals surface area contributed by atoms with Gasteiger partial charge in [0.05, 0.1) is 15.6 Å². The monoisotopic (exact) mass is 302 g/mol. The second-order valence-corrected chi connectivity index (χ2v) is 6.59. The van der Waals surface area contributed by atoms with E-state index in [0.29, 0.717) is 5.02 Å². The number of nitrogens with one attached hydrogen (secondary N) is 1. The molecule has 0 unspecified atom stereocenters. The first kappa shape index (κ1) is 13.4. The Morgan fingerprint density at radius 3 is 2.72 bits per heavy atom. The van der Waals surface area contributed by atoms with E-state index in [4.69, 9.17) is 17.3 Å². The number of anilines is 1. The number of halogens is 1. The zero-order chi connectivity index (χ0) is 13.2. The first-order valence-electron chi connectivity index (χ1n) is 5.05. The molecule has 0 aliphatic rings. The van der Waals surface area contributed by atoms with Crippen molar-refractivity contribution < 1.29 is 8.42 Å². The van der Waals surface area contributed by atoms with E-state index < -0.39 is 10.0 Å². The fourth-order valence-corrected chi connectivity index (χ4v) is 3.18. The van der Waals surface area contributed by atoms with Crippen molar-refractivity contribution >= 4 is 38.6 Å². The van der Waals surface area contributed by atoms with Gasteiger partial charge in [0.15, 0.2) is 0 Å². The Morgan fingerprint density at radius 2 is 2.11 bits per heavy atom. The smallest absolute Gasteiger partial charge is 0.240 e. The molecule has 18 heavy (non-hydrogen) atoms. The zero-order valence-electron chi connectivity index (χ0n) is 9.26. The van der Waals surface area contributed by atoms with E-state index >= 15 is 0 Å². The summed E-state index contributed by atoms with van der Waals surface area (Å²) in [6.07, 6.45) is 0. The van der Waals surface area contributed by atoms with Gasteiger partial charge in [-0.05, 0) is 40.6 Å². The number of thiophene rings is 1. The van der Waals surface area contributed by atoms with Gasteiger partial charge in [-0.15, -0.1) is 0 Å². The summed E-state index contributed by atoms with van der Waals surface area (Å²) in [5.74, 6) is 0. The third-order valence-corrected chi connectivity index (χ3v) is 4.80. The molecule has 0 bridgehead atoms. The third-order valence-electron chi connectivity index (χ3n) is 2.32. The van der Waals surface area contributed by atoms with Crippen LogP contribution in [-0.4, -0.2) is 8.42 Å². The van der Waals surface area contributed by atoms with E-state index in [2.05, 4.69) is 4.72 Å². The van der Waals surface area contributed by atoms with E-state index in [-0.39, 0.29) is 17.1 Å². The summed E-state index contributed by atoms with van der Waals surface area (Å²) in [5, 5.41) is 4.12. The van der Waals surface area contributed by atoms with E-state index in [1.165, 1.54) is 29.5 Å². The van der Waals surface area contributed by atoms with Crippen LogP contribution < -0.4 is 10.5 Å². The van der Waals surface area contributed by atoms with Crippen LogP contribution in [0.25, 0.3) is 0 Å². The summed E-state index contributed by atoms with van der Waals surface area (Å²) in [4.78, 5) is 0.111. The number of nitrogen functional groups attached to an aromatic ring is 1. The van der Waals surface area contributed by atoms with Gasteiger partial charge in [0.25, 0.3) is 0 Å². The maximum atomic E-state index is 12.0. The van der Waals surface area contributed by atoms with Crippen LogP contribution in [0.2, 0.25) is 5.02 Å². The number of hydrogen-bond acceptors (Lipinski definition) is 4. The van der Waals surface area contributed by atoms with Crippen LogP contribution in [0.15, 0.2) is 39.9 Å². The molecule has 0 spiro atoms. The molecular formula is C11H11ClN2O2S2. The van der Waals surface area contributed by atoms with E-state index in [9.17, 15) is 8.42 Å². The normalized spacial score (nSPS) is 11.6. The summed E-state index contributed by atoms with van der Waals surface area (Å²) >= 11 is 7.27. The van der Waals surface area contributed by atoms with E-state index in [0.717, 1.165) is 5.56 Å². The van der Waals surface area contributed by atoms with Gasteiger partial charge in [-0.1, -0.05) is 11.6 Å². The number of hydrogen-bond donors (Lipinski definition) is 2. The molecule has 4 nitrogen and oxygen atoms in total. The first-order valence-corrected chi connectivity index (χ1v) is 7.85. The van der Waals surface area contributed by atoms with Crippen molar-refractivity contribution in [1.82, 2.24) is 4.72 Å². The van der Waals surface area contributed by atoms with Crippen molar-refractivity contribution in [2.75, 3.05) is 5.73 Å². The lowest BCUT2D eigenvalue weighted by molar-refractivity contribution is 0.581. The largest absolute Gasteiger partial charge is 0.397 e. The fraction of sp³-hybridized carbons (Fsp3) is 0.0909. The predicted molar refractivity (Wildman–Crippen MR) is 74.2 cm³/mol. The average molecular weight is 303 g/mol. The second-order valence-electron chi connectivity index (χ2n) is 3.64. The highest BCUT2D eigenvalue weighted by molar-refractivity contribution is 7.89. The van der Waals surface area contributed by atoms with Gasteiger partial charge >= 0.3 is 0 Å². The molecule has 3 N–H and O–H groups in total. The SMILES string of the molecule is Nc1cc(S(=O)(=O)NCc2ccsc2)ccc1Cl. The van der Waals surface area contributed by atoms with Crippen molar-refractivity contribution in [3.8, 4) is 0 Å². The molecule has 0 atom stereocenters. The van der Waals surface area contributed by atoms with Gasteiger partial charge in [-0.25, -0.2) is 13.1 Å². The average Bonchev–Trinajstić information content (AvgIpc) is 2.83. The molecule has 0 fully saturated rings. The first-order chi connectivity index (χ1) is 8.49. The number of sulfonamides is 1. The van der Waals surface area contributed by atoms with Crippen LogP contribution >= 0.6 is 22.9 Å². The van der Waals surface area contributed by atoms with Crippen LogP contribution in [0.5, 0.6) is 0 Å². The summed E-state index contributed by atoms with van der Waals surface area (Å²) in [5.41, 5.74) is 6.75. The molecule has 0 saturated heterocycles. The van der Waals surface area contributed by atoms with Crippen LogP contribution in [-0.2, 0) is 16.6 Å². The predicted octanol–water partition coefficient (Wildman–Crippen LogP) is 2.46. The van der Waals surface area contributed by atoms with Crippen LogP contribution in [0.3, 0.4) is 0 Å². The Morgan fingerprint density at radius 1 is 1.33 bits per heavy atom. The molecule has 1 heterocycles. The lowest BCUT2D eigenvalue weighted by Crippen LogP contribution is -2.23. The Kier molecular flexibility index (Phi) is 3.91. The molecule has 2 aromatic rings. The molecule has 1 aromatic carbocycles. The van der Waals surface area contributed by atoms with Crippen LogP contribution in [0.4, 0.5) is 5.69 Å². The molecule has 0 radical (unpaired) electrons. The van der Waals surface area contributed by atoms with Crippen molar-refractivity contribution in [3.63, 3.8) is 0 Å². The summed E-state index contributed by atoms with van der Waals surface area (Å²) in [6, 6.07) is 6.10. The maximum Gasteiger partial charge on any atom is 0.240 e. The van der Waals surface area contributed by atoms with Gasteiger partial charge in [0, 0.05) is 6.54 Å². The molecule has 0 saturated carbocycles. The van der Waals surface area contributed by atoms with E-state index in [1.54, 1.807) is 0 Å². The van der Waals surface area contributed by atoms with E-state index in [1.807, 2.05) is 16.8 Å². The van der Waals surface area contributed by atoms with Crippen molar-refractivity contribution in [1.29, 1.82) is 0 Å². The Labute approximate surface area is 114 Å². The highest BCUT2D eigenvalue weighted by Crippen LogP contribution is 2.22. The molecule has 7 heteroatoms. The van der Waals surface area contributed by atoms with Crippen molar-refractivity contribution in [3.05, 3.63) is 45.6 Å². The zero-order valence-corrected chi connectivity index (χ0v) is 11.6. The molecule has 1 aromatic heterocycles. The minimum Gasteiger partial charge on any atom is -0.397 e. The lowest BCUT2D eigenvalue weighted by atomic mass is 10.3. The summed E-state index contributed by atoms with van der Waals surface area (Å²) in [6.45, 7) is 0.258. The quantitative estimate of drug-likeness (QED) is 0.852. The maximum absolute atomic E-state index is 12.0. The number of rotatable bonds is 4. The Balaban J connectivity index is 2.17. The summed E-state index contributed by atoms with van der Waals surface area (Å²) in [7, 11) is -3.56. The minimum absolute atomic E-state index is 0.111. The lowest BCUT2D eigenvalue weighted by Gasteiger charge is -2.07. The minimum atomic E-state index is -3.56. The topological polar surface area (TPSA) is 72.2 Å². The second kappa shape index (κ2) is 5.27. The highest BCUT2D eigenvalue weighted by Gasteiger charge is 2.14. The van der Waals surface area contributed by atoms with Gasteiger partial charge < -0.3 is 5.73 Å². The molecule has 96 valence electrons. The molecule has 0 amide bonds. The molecular weight excluding hydrogens is 292 g/mol. The van der Waals surface area contributed by atoms with Crippen LogP contribution in [0, 0.1) is 0 Å². The highest BCUT2D eigenvalue weighted by atomic mass is 35.5. The third kappa shape index (κ3) is 3.02. The Hall–Kier alpha value is -1.08. The van der Waals surface area contributed by atoms with Gasteiger partial charge in [-0.3, -0.25) is 0 Å². The standard InChI is InChI=1S/C11H11ClN2O2S2/c12-10-2-1-9(5-11(10)13)18(15,16)14-6-8-3-4-17-7-8/h1-5,7,14H,6,13H2. The Bertz CT molecular complexity index is 639. The van der Waals surface area contributed by atoms with Gasteiger partial charge in [-0.2, -0.15) is 11.3 Å². The number of benzene rings is 1. The van der Waals surface area contributed by atoms with Crippen LogP contribution in [0.1, 0.15) is 5.56 Å².